The molecule has 24 valence electrons. The van der Waals surface area contributed by atoms with E-state index in [-0.39, 0.29) is 0 Å². The van der Waals surface area contributed by atoms with E-state index in [2.05, 4.69) is 17.0 Å². The van der Waals surface area contributed by atoms with Crippen molar-refractivity contribution < 1.29 is 0 Å². The maximum Gasteiger partial charge on any atom is -0.00678 e. The van der Waals surface area contributed by atoms with E-state index in [0.717, 1.165) is 0 Å². The van der Waals surface area contributed by atoms with Gasteiger partial charge >= 0.3 is 0 Å². The Labute approximate surface area is 35.7 Å². The van der Waals surface area contributed by atoms with Crippen LogP contribution in [0.25, 0.3) is 0 Å². The lowest BCUT2D eigenvalue weighted by atomic mass is 29.8. The van der Waals surface area contributed by atoms with Crippen molar-refractivity contribution in [1.29, 1.82) is 0 Å². The number of hydrogen-bond donors (Lipinski definition) is 0. The molecule has 0 radical (unpaired) electrons. The second-order valence-corrected chi connectivity index (χ2v) is 5.31. The first-order valence-electron chi connectivity index (χ1n) is 0.642. The van der Waals surface area contributed by atoms with Crippen LogP contribution in [-0.2, 0) is 0 Å². The maximum absolute atomic E-state index is 3.20. The molecular weight excluding hydrogens is 125 g/mol. The predicted octanol–water partition coefficient (Wildman–Crippen LogP) is 2.43. The Hall–Kier alpha value is 1.38. The fraction of sp³-hybridized carbons (Fsp3) is 0. The zero-order valence-corrected chi connectivity index (χ0v) is 5.80. The Morgan fingerprint density at radius 1 is 2.00 bits per heavy atom. The standard InChI is InChI=1S/H3P3S/c1-3-4-2/h1H,2H2. The largest absolute Gasteiger partial charge is 0.0814 e. The van der Waals surface area contributed by atoms with Gasteiger partial charge in [0.25, 0.3) is 0 Å². The number of rotatable bonds is 1. The minimum atomic E-state index is 1.18. The molecule has 0 aliphatic heterocycles. The molecule has 0 aromatic carbocycles. The van der Waals surface area contributed by atoms with E-state index >= 15 is 0 Å². The molecule has 0 amide bonds. The van der Waals surface area contributed by atoms with Gasteiger partial charge in [0.2, 0.25) is 0 Å². The van der Waals surface area contributed by atoms with Crippen LogP contribution in [0.2, 0.25) is 0 Å². The van der Waals surface area contributed by atoms with Crippen molar-refractivity contribution in [3.8, 4) is 0 Å². The summed E-state index contributed by atoms with van der Waals surface area (Å²) >= 11 is 1.66. The van der Waals surface area contributed by atoms with Crippen molar-refractivity contribution in [1.82, 2.24) is 0 Å². The summed E-state index contributed by atoms with van der Waals surface area (Å²) in [4.78, 5) is 0. The molecule has 1 unspecified atom stereocenters. The highest BCUT2D eigenvalue weighted by Gasteiger charge is 1.46. The summed E-state index contributed by atoms with van der Waals surface area (Å²) in [6.07, 6.45) is 0. The first-order valence-corrected chi connectivity index (χ1v) is 5.78. The summed E-state index contributed by atoms with van der Waals surface area (Å²) in [7, 11) is 6.90. The molecule has 0 bridgehead atoms. The third-order valence-corrected chi connectivity index (χ3v) is 4.27. The van der Waals surface area contributed by atoms with Crippen LogP contribution in [0.15, 0.2) is 0 Å². The van der Waals surface area contributed by atoms with Gasteiger partial charge in [-0.3, -0.25) is 0 Å². The van der Waals surface area contributed by atoms with Gasteiger partial charge in [-0.1, -0.05) is 28.0 Å². The van der Waals surface area contributed by atoms with Crippen molar-refractivity contribution in [2.75, 3.05) is 0 Å². The van der Waals surface area contributed by atoms with Crippen LogP contribution in [0, 0.1) is 0 Å². The summed E-state index contributed by atoms with van der Waals surface area (Å²) < 4.78 is 0. The monoisotopic (exact) mass is 128 g/mol. The van der Waals surface area contributed by atoms with E-state index in [0.29, 0.717) is 0 Å². The highest BCUT2D eigenvalue weighted by molar-refractivity contribution is 8.77. The minimum absolute atomic E-state index is 1.18. The third kappa shape index (κ3) is 3.38. The molecule has 0 nitrogen and oxygen atoms in total. The molecule has 0 rings (SSSR count). The van der Waals surface area contributed by atoms with Crippen LogP contribution in [0.1, 0.15) is 0 Å². The van der Waals surface area contributed by atoms with E-state index in [1.807, 2.05) is 0 Å². The Morgan fingerprint density at radius 2 is 2.25 bits per heavy atom. The van der Waals surface area contributed by atoms with Crippen molar-refractivity contribution in [3.05, 3.63) is 0 Å². The lowest BCUT2D eigenvalue weighted by Gasteiger charge is -1.56. The zero-order valence-electron chi connectivity index (χ0n) is 1.93. The van der Waals surface area contributed by atoms with Crippen molar-refractivity contribution in [2.45, 2.75) is 0 Å². The van der Waals surface area contributed by atoms with Gasteiger partial charge in [-0.15, -0.1) is 0 Å². The molecule has 0 heterocycles. The molecular formula is H3P3S. The molecule has 0 spiro atoms. The van der Waals surface area contributed by atoms with Gasteiger partial charge in [0.1, 0.15) is 0 Å². The molecule has 0 saturated heterocycles. The first kappa shape index (κ1) is 5.38. The highest BCUT2D eigenvalue weighted by atomic mass is 33.1. The quantitative estimate of drug-likeness (QED) is 0.488. The fourth-order valence-electron chi connectivity index (χ4n) is 0. The van der Waals surface area contributed by atoms with Gasteiger partial charge in [0.05, 0.1) is 0 Å². The third-order valence-electron chi connectivity index (χ3n) is 0.0527. The van der Waals surface area contributed by atoms with Crippen LogP contribution < -0.4 is 0 Å². The lowest BCUT2D eigenvalue weighted by molar-refractivity contribution is 5.65. The summed E-state index contributed by atoms with van der Waals surface area (Å²) in [6, 6.07) is 0. The predicted molar refractivity (Wildman–Crippen MR) is 32.5 cm³/mol. The molecule has 0 aliphatic carbocycles. The van der Waals surface area contributed by atoms with Gasteiger partial charge in [-0.05, 0) is 7.07 Å². The molecule has 0 aromatic rings. The Morgan fingerprint density at radius 3 is 2.25 bits per heavy atom. The summed E-state index contributed by atoms with van der Waals surface area (Å²) in [6.45, 7) is 0. The Kier molecular flexibility index (Phi) is 5.89. The summed E-state index contributed by atoms with van der Waals surface area (Å²) in [5.41, 5.74) is 0. The molecule has 0 aromatic heterocycles. The van der Waals surface area contributed by atoms with E-state index < -0.39 is 0 Å². The van der Waals surface area contributed by atoms with Crippen LogP contribution in [0.3, 0.4) is 0 Å². The summed E-state index contributed by atoms with van der Waals surface area (Å²) in [5.74, 6) is 0. The molecule has 4 heavy (non-hydrogen) atoms. The van der Waals surface area contributed by atoms with E-state index in [4.69, 9.17) is 0 Å². The smallest absolute Gasteiger partial charge is 0.00678 e. The van der Waals surface area contributed by atoms with Crippen LogP contribution in [0.4, 0.5) is 0 Å². The van der Waals surface area contributed by atoms with Crippen LogP contribution in [-0.4, -0.2) is 0 Å². The average molecular weight is 128 g/mol. The molecule has 1 atom stereocenters. The van der Waals surface area contributed by atoms with E-state index in [1.54, 1.807) is 11.0 Å². The zero-order chi connectivity index (χ0) is 3.41. The van der Waals surface area contributed by atoms with Gasteiger partial charge in [-0.25, -0.2) is 0 Å². The molecule has 0 fully saturated rings. The van der Waals surface area contributed by atoms with Crippen molar-refractivity contribution >= 4 is 35.0 Å². The maximum atomic E-state index is 3.20. The molecule has 0 aliphatic rings. The lowest BCUT2D eigenvalue weighted by Crippen LogP contribution is -0.745. The van der Waals surface area contributed by atoms with Crippen molar-refractivity contribution in [2.24, 2.45) is 0 Å². The SMILES string of the molecule is P=PSP. The first-order chi connectivity index (χ1) is 1.91. The minimum Gasteiger partial charge on any atom is -0.0814 e. The highest BCUT2D eigenvalue weighted by Crippen LogP contribution is 2.29. The fourth-order valence-corrected chi connectivity index (χ4v) is 0. The summed E-state index contributed by atoms with van der Waals surface area (Å²) in [5, 5.41) is 0. The molecule has 4 heteroatoms. The van der Waals surface area contributed by atoms with Crippen LogP contribution in [0.5, 0.6) is 0 Å². The van der Waals surface area contributed by atoms with E-state index in [1.165, 1.54) is 7.07 Å². The van der Waals surface area contributed by atoms with Gasteiger partial charge < -0.3 is 0 Å². The average Bonchev–Trinajstić information content (AvgIpc) is 1.37. The normalized spacial score (nSPS) is 8.25. The molecule has 0 saturated carbocycles. The topological polar surface area (TPSA) is 0 Å². The van der Waals surface area contributed by atoms with Crippen molar-refractivity contribution in [3.63, 3.8) is 0 Å². The molecule has 0 N–H and O–H groups in total. The van der Waals surface area contributed by atoms with Gasteiger partial charge in [0.15, 0.2) is 0 Å². The van der Waals surface area contributed by atoms with E-state index in [9.17, 15) is 0 Å². The Balaban J connectivity index is 2.30. The Bertz CT molecular complexity index is 17.2. The second kappa shape index (κ2) is 4.38. The van der Waals surface area contributed by atoms with Gasteiger partial charge in [0, 0.05) is 0 Å². The van der Waals surface area contributed by atoms with Crippen LogP contribution >= 0.6 is 35.0 Å². The van der Waals surface area contributed by atoms with Gasteiger partial charge in [-0.2, -0.15) is 0 Å². The number of hydrogen-bond acceptors (Lipinski definition) is 1. The second-order valence-electron chi connectivity index (χ2n) is 0.197.